The van der Waals surface area contributed by atoms with Crippen LogP contribution in [0, 0.1) is 6.92 Å². The Morgan fingerprint density at radius 2 is 2.00 bits per heavy atom. The number of hydrogen-bond acceptors (Lipinski definition) is 3. The summed E-state index contributed by atoms with van der Waals surface area (Å²) < 4.78 is 5.88. The second kappa shape index (κ2) is 6.33. The van der Waals surface area contributed by atoms with Crippen LogP contribution in [0.5, 0.6) is 11.5 Å². The highest BCUT2D eigenvalue weighted by atomic mass is 16.5. The van der Waals surface area contributed by atoms with Gasteiger partial charge in [0.05, 0.1) is 5.69 Å². The molecule has 3 nitrogen and oxygen atoms in total. The zero-order valence-corrected chi connectivity index (χ0v) is 12.1. The number of carbonyl (C=O) groups is 1. The van der Waals surface area contributed by atoms with Crippen LogP contribution in [-0.2, 0) is 6.42 Å². The van der Waals surface area contributed by atoms with Gasteiger partial charge in [0.15, 0.2) is 5.78 Å². The van der Waals surface area contributed by atoms with Crippen LogP contribution < -0.4 is 4.74 Å². The second-order valence-electron chi connectivity index (χ2n) is 4.66. The largest absolute Gasteiger partial charge is 0.455 e. The van der Waals surface area contributed by atoms with Crippen molar-refractivity contribution < 1.29 is 9.53 Å². The first kappa shape index (κ1) is 14.3. The molecule has 0 unspecified atom stereocenters. The maximum absolute atomic E-state index is 11.7. The van der Waals surface area contributed by atoms with Crippen molar-refractivity contribution in [1.82, 2.24) is 4.98 Å². The van der Waals surface area contributed by atoms with Gasteiger partial charge < -0.3 is 4.74 Å². The molecule has 0 fully saturated rings. The van der Waals surface area contributed by atoms with E-state index in [0.29, 0.717) is 17.7 Å². The number of hydrogen-bond donors (Lipinski definition) is 0. The summed E-state index contributed by atoms with van der Waals surface area (Å²) in [6, 6.07) is 11.1. The Morgan fingerprint density at radius 1 is 1.20 bits per heavy atom. The lowest BCUT2D eigenvalue weighted by Crippen LogP contribution is -1.98. The molecule has 1 aromatic carbocycles. The molecule has 0 N–H and O–H groups in total. The minimum atomic E-state index is 0.119. The van der Waals surface area contributed by atoms with Crippen molar-refractivity contribution in [3.05, 3.63) is 53.3 Å². The van der Waals surface area contributed by atoms with E-state index in [2.05, 4.69) is 4.98 Å². The van der Waals surface area contributed by atoms with Crippen LogP contribution in [0.4, 0.5) is 0 Å². The average molecular weight is 269 g/mol. The van der Waals surface area contributed by atoms with Crippen molar-refractivity contribution in [1.29, 1.82) is 0 Å². The Kier molecular flexibility index (Phi) is 4.51. The Hall–Kier alpha value is -2.16. The van der Waals surface area contributed by atoms with Crippen LogP contribution in [0.2, 0.25) is 0 Å². The van der Waals surface area contributed by atoms with Crippen LogP contribution in [0.1, 0.15) is 42.0 Å². The van der Waals surface area contributed by atoms with Gasteiger partial charge in [-0.15, -0.1) is 0 Å². The average Bonchev–Trinajstić information content (AvgIpc) is 2.48. The summed E-state index contributed by atoms with van der Waals surface area (Å²) in [5.74, 6) is 1.54. The fourth-order valence-electron chi connectivity index (χ4n) is 2.01. The summed E-state index contributed by atoms with van der Waals surface area (Å²) in [6.07, 6.45) is 1.31. The Bertz CT molecular complexity index is 620. The molecular weight excluding hydrogens is 250 g/mol. The Labute approximate surface area is 119 Å². The molecule has 0 aliphatic heterocycles. The van der Waals surface area contributed by atoms with Gasteiger partial charge in [0, 0.05) is 17.7 Å². The van der Waals surface area contributed by atoms with Gasteiger partial charge in [0.2, 0.25) is 0 Å². The molecular formula is C17H19NO2. The quantitative estimate of drug-likeness (QED) is 0.758. The minimum absolute atomic E-state index is 0.119. The first-order chi connectivity index (χ1) is 9.63. The van der Waals surface area contributed by atoms with Crippen molar-refractivity contribution in [3.63, 3.8) is 0 Å². The van der Waals surface area contributed by atoms with E-state index < -0.39 is 0 Å². The standard InChI is InChI=1S/C17H19NO2/c1-4-15-17(10-9-12(3)18-15)20-14-8-6-7-13(11-14)16(19)5-2/h6-11H,4-5H2,1-3H3. The number of benzene rings is 1. The summed E-state index contributed by atoms with van der Waals surface area (Å²) in [6.45, 7) is 5.87. The predicted octanol–water partition coefficient (Wildman–Crippen LogP) is 4.34. The smallest absolute Gasteiger partial charge is 0.162 e. The highest BCUT2D eigenvalue weighted by Gasteiger charge is 2.08. The predicted molar refractivity (Wildman–Crippen MR) is 79.5 cm³/mol. The van der Waals surface area contributed by atoms with E-state index in [4.69, 9.17) is 4.74 Å². The Balaban J connectivity index is 2.28. The first-order valence-corrected chi connectivity index (χ1v) is 6.91. The molecule has 0 radical (unpaired) electrons. The molecule has 0 amide bonds. The summed E-state index contributed by atoms with van der Waals surface area (Å²) in [4.78, 5) is 16.2. The van der Waals surface area contributed by atoms with Gasteiger partial charge in [-0.3, -0.25) is 9.78 Å². The molecule has 0 atom stereocenters. The van der Waals surface area contributed by atoms with E-state index in [9.17, 15) is 4.79 Å². The third-order valence-electron chi connectivity index (χ3n) is 3.11. The van der Waals surface area contributed by atoms with E-state index in [-0.39, 0.29) is 5.78 Å². The fourth-order valence-corrected chi connectivity index (χ4v) is 2.01. The zero-order chi connectivity index (χ0) is 14.5. The lowest BCUT2D eigenvalue weighted by Gasteiger charge is -2.10. The maximum Gasteiger partial charge on any atom is 0.162 e. The molecule has 0 aliphatic rings. The second-order valence-corrected chi connectivity index (χ2v) is 4.66. The Morgan fingerprint density at radius 3 is 2.70 bits per heavy atom. The van der Waals surface area contributed by atoms with E-state index in [0.717, 1.165) is 23.6 Å². The lowest BCUT2D eigenvalue weighted by molar-refractivity contribution is 0.0988. The van der Waals surface area contributed by atoms with Crippen LogP contribution >= 0.6 is 0 Å². The van der Waals surface area contributed by atoms with Gasteiger partial charge in [-0.2, -0.15) is 0 Å². The molecule has 0 bridgehead atoms. The summed E-state index contributed by atoms with van der Waals surface area (Å²) in [5.41, 5.74) is 2.59. The topological polar surface area (TPSA) is 39.2 Å². The number of Topliss-reactive ketones (excluding diaryl/α,β-unsaturated/α-hetero) is 1. The number of carbonyl (C=O) groups excluding carboxylic acids is 1. The number of aromatic nitrogens is 1. The van der Waals surface area contributed by atoms with Crippen LogP contribution in [0.15, 0.2) is 36.4 Å². The normalized spacial score (nSPS) is 10.3. The molecule has 1 heterocycles. The number of nitrogens with zero attached hydrogens (tertiary/aromatic N) is 1. The monoisotopic (exact) mass is 269 g/mol. The molecule has 2 rings (SSSR count). The highest BCUT2D eigenvalue weighted by Crippen LogP contribution is 2.26. The first-order valence-electron chi connectivity index (χ1n) is 6.91. The highest BCUT2D eigenvalue weighted by molar-refractivity contribution is 5.96. The molecule has 0 spiro atoms. The summed E-state index contributed by atoms with van der Waals surface area (Å²) >= 11 is 0. The van der Waals surface area contributed by atoms with Crippen LogP contribution in [-0.4, -0.2) is 10.8 Å². The molecule has 2 aromatic rings. The summed E-state index contributed by atoms with van der Waals surface area (Å²) in [5, 5.41) is 0. The lowest BCUT2D eigenvalue weighted by atomic mass is 10.1. The van der Waals surface area contributed by atoms with Crippen LogP contribution in [0.3, 0.4) is 0 Å². The summed E-state index contributed by atoms with van der Waals surface area (Å²) in [7, 11) is 0. The van der Waals surface area contributed by atoms with Crippen molar-refractivity contribution in [3.8, 4) is 11.5 Å². The molecule has 0 saturated carbocycles. The fraction of sp³-hybridized carbons (Fsp3) is 0.294. The van der Waals surface area contributed by atoms with E-state index in [1.54, 1.807) is 6.07 Å². The zero-order valence-electron chi connectivity index (χ0n) is 12.1. The van der Waals surface area contributed by atoms with Crippen molar-refractivity contribution in [2.45, 2.75) is 33.6 Å². The van der Waals surface area contributed by atoms with Crippen molar-refractivity contribution >= 4 is 5.78 Å². The van der Waals surface area contributed by atoms with Gasteiger partial charge in [0.25, 0.3) is 0 Å². The minimum Gasteiger partial charge on any atom is -0.455 e. The molecule has 104 valence electrons. The van der Waals surface area contributed by atoms with Crippen LogP contribution in [0.25, 0.3) is 0 Å². The number of aryl methyl sites for hydroxylation is 2. The number of ether oxygens (including phenoxy) is 1. The number of pyridine rings is 1. The van der Waals surface area contributed by atoms with Gasteiger partial charge in [0.1, 0.15) is 11.5 Å². The van der Waals surface area contributed by atoms with Crippen molar-refractivity contribution in [2.24, 2.45) is 0 Å². The number of ketones is 1. The third kappa shape index (κ3) is 3.23. The molecule has 0 aliphatic carbocycles. The number of rotatable bonds is 5. The van der Waals surface area contributed by atoms with Gasteiger partial charge in [-0.25, -0.2) is 0 Å². The van der Waals surface area contributed by atoms with Gasteiger partial charge in [-0.1, -0.05) is 26.0 Å². The molecule has 1 aromatic heterocycles. The SMILES string of the molecule is CCC(=O)c1cccc(Oc2ccc(C)nc2CC)c1. The molecule has 0 saturated heterocycles. The van der Waals surface area contributed by atoms with Gasteiger partial charge >= 0.3 is 0 Å². The maximum atomic E-state index is 11.7. The van der Waals surface area contributed by atoms with Gasteiger partial charge in [-0.05, 0) is 37.6 Å². The molecule has 3 heteroatoms. The van der Waals surface area contributed by atoms with Crippen molar-refractivity contribution in [2.75, 3.05) is 0 Å². The molecule has 20 heavy (non-hydrogen) atoms. The third-order valence-corrected chi connectivity index (χ3v) is 3.11. The van der Waals surface area contributed by atoms with E-state index >= 15 is 0 Å². The van der Waals surface area contributed by atoms with E-state index in [1.165, 1.54) is 0 Å². The van der Waals surface area contributed by atoms with E-state index in [1.807, 2.05) is 51.1 Å².